The van der Waals surface area contributed by atoms with Gasteiger partial charge >= 0.3 is 0 Å². The zero-order chi connectivity index (χ0) is 11.5. The van der Waals surface area contributed by atoms with Gasteiger partial charge in [-0.05, 0) is 25.3 Å². The Morgan fingerprint density at radius 3 is 2.50 bits per heavy atom. The van der Waals surface area contributed by atoms with Crippen LogP contribution in [0.4, 0.5) is 0 Å². The van der Waals surface area contributed by atoms with Gasteiger partial charge in [0.15, 0.2) is 0 Å². The van der Waals surface area contributed by atoms with Crippen molar-refractivity contribution in [3.8, 4) is 0 Å². The Labute approximate surface area is 109 Å². The van der Waals surface area contributed by atoms with Crippen molar-refractivity contribution in [3.05, 3.63) is 0 Å². The van der Waals surface area contributed by atoms with E-state index in [4.69, 9.17) is 0 Å². The van der Waals surface area contributed by atoms with Crippen LogP contribution >= 0.6 is 23.5 Å². The van der Waals surface area contributed by atoms with E-state index in [1.807, 2.05) is 0 Å². The van der Waals surface area contributed by atoms with Crippen molar-refractivity contribution in [1.82, 2.24) is 5.32 Å². The molecule has 2 rings (SSSR count). The first kappa shape index (κ1) is 13.1. The number of nitrogens with one attached hydrogen (secondary N) is 1. The third-order valence-electron chi connectivity index (χ3n) is 4.07. The second-order valence-electron chi connectivity index (χ2n) is 5.19. The fraction of sp³-hybridized carbons (Fsp3) is 1.00. The van der Waals surface area contributed by atoms with Crippen molar-refractivity contribution in [3.63, 3.8) is 0 Å². The minimum atomic E-state index is 0.784. The first-order chi connectivity index (χ1) is 7.72. The molecule has 1 saturated carbocycles. The summed E-state index contributed by atoms with van der Waals surface area (Å²) in [5.74, 6) is 2.32. The largest absolute Gasteiger partial charge is 0.313 e. The second kappa shape index (κ2) is 6.01. The normalized spacial score (nSPS) is 38.1. The van der Waals surface area contributed by atoms with Gasteiger partial charge in [-0.3, -0.25) is 0 Å². The monoisotopic (exact) mass is 259 g/mol. The van der Waals surface area contributed by atoms with Crippen molar-refractivity contribution >= 4 is 23.5 Å². The molecule has 4 atom stereocenters. The zero-order valence-electron chi connectivity index (χ0n) is 10.7. The van der Waals surface area contributed by atoms with Gasteiger partial charge in [0.2, 0.25) is 0 Å². The van der Waals surface area contributed by atoms with Crippen LogP contribution in [0.3, 0.4) is 0 Å². The summed E-state index contributed by atoms with van der Waals surface area (Å²) >= 11 is 4.42. The van der Waals surface area contributed by atoms with E-state index in [1.54, 1.807) is 0 Å². The van der Waals surface area contributed by atoms with Crippen LogP contribution in [0.1, 0.15) is 40.0 Å². The van der Waals surface area contributed by atoms with Gasteiger partial charge in [0.25, 0.3) is 0 Å². The highest BCUT2D eigenvalue weighted by Gasteiger charge is 2.36. The van der Waals surface area contributed by atoms with Crippen molar-refractivity contribution in [2.45, 2.75) is 61.8 Å². The molecule has 0 aromatic rings. The maximum Gasteiger partial charge on any atom is 0.0297 e. The fourth-order valence-electron chi connectivity index (χ4n) is 2.63. The quantitative estimate of drug-likeness (QED) is 0.831. The van der Waals surface area contributed by atoms with E-state index >= 15 is 0 Å². The molecule has 1 aliphatic heterocycles. The smallest absolute Gasteiger partial charge is 0.0297 e. The fourth-order valence-corrected chi connectivity index (χ4v) is 5.84. The molecule has 0 amide bonds. The minimum Gasteiger partial charge on any atom is -0.313 e. The van der Waals surface area contributed by atoms with Gasteiger partial charge in [-0.15, -0.1) is 0 Å². The third kappa shape index (κ3) is 2.91. The van der Waals surface area contributed by atoms with Gasteiger partial charge < -0.3 is 5.32 Å². The lowest BCUT2D eigenvalue weighted by Crippen LogP contribution is -2.49. The molecule has 16 heavy (non-hydrogen) atoms. The van der Waals surface area contributed by atoms with Crippen molar-refractivity contribution in [2.75, 3.05) is 12.3 Å². The van der Waals surface area contributed by atoms with E-state index in [-0.39, 0.29) is 0 Å². The molecule has 1 heterocycles. The van der Waals surface area contributed by atoms with Crippen molar-refractivity contribution in [2.24, 2.45) is 5.92 Å². The summed E-state index contributed by atoms with van der Waals surface area (Å²) < 4.78 is 0. The van der Waals surface area contributed by atoms with Crippen molar-refractivity contribution < 1.29 is 0 Å². The van der Waals surface area contributed by atoms with E-state index in [0.717, 1.165) is 34.3 Å². The topological polar surface area (TPSA) is 12.0 Å². The summed E-state index contributed by atoms with van der Waals surface area (Å²) in [5, 5.41) is 6.27. The van der Waals surface area contributed by atoms with Crippen molar-refractivity contribution in [1.29, 1.82) is 0 Å². The predicted octanol–water partition coefficient (Wildman–Crippen LogP) is 3.39. The minimum absolute atomic E-state index is 0.784. The van der Waals surface area contributed by atoms with Gasteiger partial charge in [0.05, 0.1) is 0 Å². The Kier molecular flexibility index (Phi) is 4.92. The molecule has 4 unspecified atom stereocenters. The first-order valence-corrected chi connectivity index (χ1v) is 8.72. The molecule has 1 saturated heterocycles. The summed E-state index contributed by atoms with van der Waals surface area (Å²) in [6.07, 6.45) is 4.38. The van der Waals surface area contributed by atoms with Gasteiger partial charge in [-0.1, -0.05) is 27.2 Å². The highest BCUT2D eigenvalue weighted by molar-refractivity contribution is 8.07. The van der Waals surface area contributed by atoms with E-state index in [9.17, 15) is 0 Å². The highest BCUT2D eigenvalue weighted by atomic mass is 32.2. The molecule has 2 aliphatic rings. The van der Waals surface area contributed by atoms with Crippen LogP contribution in [0.25, 0.3) is 0 Å². The number of rotatable bonds is 4. The Balaban J connectivity index is 1.91. The maximum absolute atomic E-state index is 3.76. The lowest BCUT2D eigenvalue weighted by Gasteiger charge is -2.42. The summed E-state index contributed by atoms with van der Waals surface area (Å²) in [6.45, 7) is 8.16. The molecule has 0 spiro atoms. The van der Waals surface area contributed by atoms with Crippen LogP contribution in [0.15, 0.2) is 0 Å². The molecule has 0 aromatic heterocycles. The molecule has 2 fully saturated rings. The average Bonchev–Trinajstić information content (AvgIpc) is 2.19. The number of thioether (sulfide) groups is 2. The average molecular weight is 259 g/mol. The number of hydrogen-bond acceptors (Lipinski definition) is 3. The van der Waals surface area contributed by atoms with E-state index < -0.39 is 0 Å². The van der Waals surface area contributed by atoms with Gasteiger partial charge in [0.1, 0.15) is 0 Å². The molecule has 1 nitrogen and oxygen atoms in total. The molecule has 0 aromatic carbocycles. The Hall–Kier alpha value is 0.660. The third-order valence-corrected chi connectivity index (χ3v) is 7.59. The molecule has 1 N–H and O–H groups in total. The van der Waals surface area contributed by atoms with Gasteiger partial charge in [-0.25, -0.2) is 0 Å². The molecule has 3 heteroatoms. The van der Waals surface area contributed by atoms with Crippen LogP contribution in [-0.4, -0.2) is 34.1 Å². The number of hydrogen-bond donors (Lipinski definition) is 1. The predicted molar refractivity (Wildman–Crippen MR) is 77.6 cm³/mol. The lowest BCUT2D eigenvalue weighted by molar-refractivity contribution is 0.230. The van der Waals surface area contributed by atoms with Crippen LogP contribution in [0.5, 0.6) is 0 Å². The van der Waals surface area contributed by atoms with Crippen LogP contribution in [-0.2, 0) is 0 Å². The molecule has 94 valence electrons. The highest BCUT2D eigenvalue weighted by Crippen LogP contribution is 2.41. The molecule has 0 bridgehead atoms. The standard InChI is InChI=1S/C13H25NS2/c1-4-14-13(11-6-5-7-11)12-8-15-9(2)10(3)16-12/h9-14H,4-8H2,1-3H3. The Morgan fingerprint density at radius 2 is 2.00 bits per heavy atom. The molecule has 1 aliphatic carbocycles. The molecule has 0 radical (unpaired) electrons. The summed E-state index contributed by atoms with van der Waals surface area (Å²) in [7, 11) is 0. The van der Waals surface area contributed by atoms with E-state index in [2.05, 4.69) is 49.6 Å². The molecular weight excluding hydrogens is 234 g/mol. The van der Waals surface area contributed by atoms with Crippen LogP contribution < -0.4 is 5.32 Å². The first-order valence-electron chi connectivity index (χ1n) is 6.72. The SMILES string of the molecule is CCNC(C1CCC1)C1CSC(C)C(C)S1. The van der Waals surface area contributed by atoms with E-state index in [1.165, 1.54) is 25.0 Å². The zero-order valence-corrected chi connectivity index (χ0v) is 12.4. The second-order valence-corrected chi connectivity index (χ2v) is 8.22. The lowest BCUT2D eigenvalue weighted by atomic mass is 9.78. The van der Waals surface area contributed by atoms with E-state index in [0.29, 0.717) is 0 Å². The van der Waals surface area contributed by atoms with Crippen LogP contribution in [0, 0.1) is 5.92 Å². The Morgan fingerprint density at radius 1 is 1.25 bits per heavy atom. The molecular formula is C13H25NS2. The summed E-state index contributed by atoms with van der Waals surface area (Å²) in [6, 6.07) is 0.784. The Bertz CT molecular complexity index is 218. The van der Waals surface area contributed by atoms with Gasteiger partial charge in [0, 0.05) is 27.5 Å². The van der Waals surface area contributed by atoms with Gasteiger partial charge in [-0.2, -0.15) is 23.5 Å². The summed E-state index contributed by atoms with van der Waals surface area (Å²) in [4.78, 5) is 0. The van der Waals surface area contributed by atoms with Crippen LogP contribution in [0.2, 0.25) is 0 Å². The summed E-state index contributed by atoms with van der Waals surface area (Å²) in [5.41, 5.74) is 0. The maximum atomic E-state index is 3.76.